The van der Waals surface area contributed by atoms with Crippen molar-refractivity contribution in [2.45, 2.75) is 33.7 Å². The van der Waals surface area contributed by atoms with Gasteiger partial charge in [0.25, 0.3) is 0 Å². The molecule has 0 spiro atoms. The number of fused-ring (bicyclic) bond motifs is 1. The molecule has 0 radical (unpaired) electrons. The van der Waals surface area contributed by atoms with Gasteiger partial charge in [0.2, 0.25) is 0 Å². The van der Waals surface area contributed by atoms with Crippen molar-refractivity contribution >= 4 is 22.4 Å². The van der Waals surface area contributed by atoms with Crippen molar-refractivity contribution in [2.24, 2.45) is 0 Å². The summed E-state index contributed by atoms with van der Waals surface area (Å²) >= 11 is 0. The topological polar surface area (TPSA) is 74.0 Å². The van der Waals surface area contributed by atoms with Gasteiger partial charge in [0.05, 0.1) is 5.56 Å². The van der Waals surface area contributed by atoms with E-state index in [-0.39, 0.29) is 11.5 Å². The van der Waals surface area contributed by atoms with Crippen molar-refractivity contribution in [1.82, 2.24) is 4.90 Å². The molecule has 1 N–H and O–H groups in total. The van der Waals surface area contributed by atoms with Gasteiger partial charge in [0.15, 0.2) is 5.78 Å². The van der Waals surface area contributed by atoms with E-state index >= 15 is 0 Å². The fourth-order valence-electron chi connectivity index (χ4n) is 4.28. The van der Waals surface area contributed by atoms with Crippen LogP contribution in [0.15, 0.2) is 45.6 Å². The molecule has 0 atom stereocenters. The van der Waals surface area contributed by atoms with Gasteiger partial charge in [-0.05, 0) is 61.7 Å². The van der Waals surface area contributed by atoms with E-state index in [0.29, 0.717) is 24.1 Å². The van der Waals surface area contributed by atoms with Crippen molar-refractivity contribution in [1.29, 1.82) is 0 Å². The largest absolute Gasteiger partial charge is 0.507 e. The predicted octanol–water partition coefficient (Wildman–Crippen LogP) is 3.89. The van der Waals surface area contributed by atoms with E-state index in [1.54, 1.807) is 6.92 Å². The van der Waals surface area contributed by atoms with E-state index < -0.39 is 5.63 Å². The highest BCUT2D eigenvalue weighted by molar-refractivity contribution is 5.94. The number of phenolic OH excluding ortho intramolecular Hbond substituents is 1. The van der Waals surface area contributed by atoms with Crippen LogP contribution in [-0.2, 0) is 13.0 Å². The lowest BCUT2D eigenvalue weighted by Crippen LogP contribution is -2.46. The first-order valence-corrected chi connectivity index (χ1v) is 10.7. The maximum Gasteiger partial charge on any atom is 0.336 e. The molecule has 0 unspecified atom stereocenters. The Morgan fingerprint density at radius 2 is 1.77 bits per heavy atom. The second-order valence-corrected chi connectivity index (χ2v) is 8.21. The highest BCUT2D eigenvalue weighted by Gasteiger charge is 2.22. The van der Waals surface area contributed by atoms with Crippen LogP contribution in [0.2, 0.25) is 0 Å². The third kappa shape index (κ3) is 4.21. The van der Waals surface area contributed by atoms with Crippen LogP contribution in [-0.4, -0.2) is 42.0 Å². The molecule has 3 aromatic rings. The van der Waals surface area contributed by atoms with Crippen LogP contribution in [0.5, 0.6) is 5.75 Å². The second kappa shape index (κ2) is 8.55. The summed E-state index contributed by atoms with van der Waals surface area (Å²) in [5, 5.41) is 11.8. The molecule has 31 heavy (non-hydrogen) atoms. The van der Waals surface area contributed by atoms with Gasteiger partial charge in [-0.15, -0.1) is 0 Å². The zero-order valence-corrected chi connectivity index (χ0v) is 18.3. The molecule has 2 aromatic carbocycles. The minimum Gasteiger partial charge on any atom is -0.507 e. The van der Waals surface area contributed by atoms with Gasteiger partial charge >= 0.3 is 5.63 Å². The molecule has 0 amide bonds. The molecule has 1 aliphatic rings. The molecular weight excluding hydrogens is 392 g/mol. The summed E-state index contributed by atoms with van der Waals surface area (Å²) in [6.45, 7) is 9.33. The van der Waals surface area contributed by atoms with Crippen molar-refractivity contribution in [2.75, 3.05) is 31.1 Å². The van der Waals surface area contributed by atoms with Crippen LogP contribution in [0.3, 0.4) is 0 Å². The Bertz CT molecular complexity index is 1170. The molecule has 1 aromatic heterocycles. The lowest BCUT2D eigenvalue weighted by molar-refractivity contribution is 0.101. The van der Waals surface area contributed by atoms with Gasteiger partial charge < -0.3 is 14.4 Å². The molecule has 4 rings (SSSR count). The number of hydrogen-bond donors (Lipinski definition) is 1. The Hall–Kier alpha value is -3.12. The zero-order valence-electron chi connectivity index (χ0n) is 18.3. The minimum absolute atomic E-state index is 0.0691. The van der Waals surface area contributed by atoms with Gasteiger partial charge in [-0.2, -0.15) is 0 Å². The lowest BCUT2D eigenvalue weighted by Gasteiger charge is -2.36. The number of aryl methyl sites for hydroxylation is 2. The maximum atomic E-state index is 12.0. The summed E-state index contributed by atoms with van der Waals surface area (Å²) in [5.74, 6) is 0.297. The predicted molar refractivity (Wildman–Crippen MR) is 122 cm³/mol. The van der Waals surface area contributed by atoms with Gasteiger partial charge in [0.1, 0.15) is 11.3 Å². The average Bonchev–Trinajstić information content (AvgIpc) is 2.76. The number of Topliss-reactive ketones (excluding diaryl/α,β-unsaturated/α-hetero) is 1. The molecule has 162 valence electrons. The van der Waals surface area contributed by atoms with E-state index in [1.807, 2.05) is 44.2 Å². The summed E-state index contributed by atoms with van der Waals surface area (Å²) in [6, 6.07) is 11.2. The Morgan fingerprint density at radius 3 is 2.39 bits per heavy atom. The zero-order chi connectivity index (χ0) is 22.1. The average molecular weight is 421 g/mol. The van der Waals surface area contributed by atoms with E-state index in [2.05, 4.69) is 9.80 Å². The number of anilines is 1. The summed E-state index contributed by atoms with van der Waals surface area (Å²) in [7, 11) is 0. The van der Waals surface area contributed by atoms with E-state index in [4.69, 9.17) is 4.42 Å². The number of phenols is 1. The second-order valence-electron chi connectivity index (χ2n) is 8.21. The molecule has 2 heterocycles. The molecule has 0 bridgehead atoms. The van der Waals surface area contributed by atoms with Gasteiger partial charge in [-0.25, -0.2) is 4.79 Å². The number of carbonyl (C=O) groups excluding carboxylic acids is 1. The van der Waals surface area contributed by atoms with Crippen molar-refractivity contribution in [3.63, 3.8) is 0 Å². The summed E-state index contributed by atoms with van der Waals surface area (Å²) in [6.07, 6.45) is 0.706. The lowest BCUT2D eigenvalue weighted by atomic mass is 9.99. The monoisotopic (exact) mass is 420 g/mol. The molecular formula is C25H28N2O4. The molecule has 6 heteroatoms. The SMILES string of the molecule is CCc1cc2c(C)cc(=O)oc2c(CN2CCN(c3ccc(C(C)=O)cc3)CC2)c1O. The first kappa shape index (κ1) is 21.1. The van der Waals surface area contributed by atoms with Crippen LogP contribution in [0.25, 0.3) is 11.0 Å². The Labute approximate surface area is 181 Å². The van der Waals surface area contributed by atoms with Crippen molar-refractivity contribution in [3.8, 4) is 5.75 Å². The van der Waals surface area contributed by atoms with Crippen molar-refractivity contribution in [3.05, 3.63) is 69.1 Å². The normalized spacial score (nSPS) is 14.9. The first-order chi connectivity index (χ1) is 14.9. The van der Waals surface area contributed by atoms with Gasteiger partial charge in [0, 0.05) is 55.4 Å². The van der Waals surface area contributed by atoms with E-state index in [0.717, 1.165) is 53.9 Å². The standard InChI is InChI=1S/C25H28N2O4/c1-4-18-14-21-16(2)13-23(29)31-25(21)22(24(18)30)15-26-9-11-27(12-10-26)20-7-5-19(6-8-20)17(3)28/h5-8,13-14,30H,4,9-12,15H2,1-3H3. The molecule has 1 saturated heterocycles. The van der Waals surface area contributed by atoms with Crippen LogP contribution < -0.4 is 10.5 Å². The highest BCUT2D eigenvalue weighted by atomic mass is 16.4. The first-order valence-electron chi connectivity index (χ1n) is 10.7. The van der Waals surface area contributed by atoms with Crippen LogP contribution in [0, 0.1) is 6.92 Å². The highest BCUT2D eigenvalue weighted by Crippen LogP contribution is 2.34. The van der Waals surface area contributed by atoms with E-state index in [9.17, 15) is 14.7 Å². The molecule has 6 nitrogen and oxygen atoms in total. The van der Waals surface area contributed by atoms with Crippen LogP contribution in [0.1, 0.15) is 40.9 Å². The number of ketones is 1. The number of benzene rings is 2. The van der Waals surface area contributed by atoms with Gasteiger partial charge in [-0.1, -0.05) is 6.92 Å². The Balaban J connectivity index is 1.55. The maximum absolute atomic E-state index is 12.0. The smallest absolute Gasteiger partial charge is 0.336 e. The number of piperazine rings is 1. The molecule has 1 fully saturated rings. The third-order valence-electron chi connectivity index (χ3n) is 6.16. The summed E-state index contributed by atoms with van der Waals surface area (Å²) in [5.41, 5.74) is 4.33. The minimum atomic E-state index is -0.395. The van der Waals surface area contributed by atoms with Crippen LogP contribution >= 0.6 is 0 Å². The molecule has 0 saturated carbocycles. The number of carbonyl (C=O) groups is 1. The number of hydrogen-bond acceptors (Lipinski definition) is 6. The van der Waals surface area contributed by atoms with Crippen molar-refractivity contribution < 1.29 is 14.3 Å². The number of aromatic hydroxyl groups is 1. The molecule has 0 aliphatic carbocycles. The third-order valence-corrected chi connectivity index (χ3v) is 6.16. The number of rotatable bonds is 5. The summed E-state index contributed by atoms with van der Waals surface area (Å²) in [4.78, 5) is 28.1. The fourth-order valence-corrected chi connectivity index (χ4v) is 4.28. The molecule has 1 aliphatic heterocycles. The Kier molecular flexibility index (Phi) is 5.83. The van der Waals surface area contributed by atoms with Crippen LogP contribution in [0.4, 0.5) is 5.69 Å². The fraction of sp³-hybridized carbons (Fsp3) is 0.360. The Morgan fingerprint density at radius 1 is 1.10 bits per heavy atom. The quantitative estimate of drug-likeness (QED) is 0.499. The van der Waals surface area contributed by atoms with E-state index in [1.165, 1.54) is 6.07 Å². The van der Waals surface area contributed by atoms with Gasteiger partial charge in [-0.3, -0.25) is 9.69 Å². The summed E-state index contributed by atoms with van der Waals surface area (Å²) < 4.78 is 5.54. The number of nitrogens with zero attached hydrogens (tertiary/aromatic N) is 2.